The van der Waals surface area contributed by atoms with Crippen molar-refractivity contribution in [2.24, 2.45) is 0 Å². The Bertz CT molecular complexity index is 425. The smallest absolute Gasteiger partial charge is 0.321 e. The number of halogens is 1. The topological polar surface area (TPSA) is 63.8 Å². The van der Waals surface area contributed by atoms with Crippen LogP contribution in [0.15, 0.2) is 22.9 Å². The van der Waals surface area contributed by atoms with Crippen LogP contribution in [-0.2, 0) is 0 Å². The van der Waals surface area contributed by atoms with Gasteiger partial charge >= 0.3 is 6.01 Å². The first-order valence-electron chi connectivity index (χ1n) is 3.93. The summed E-state index contributed by atoms with van der Waals surface area (Å²) in [5, 5.41) is 7.04. The molecule has 0 amide bonds. The van der Waals surface area contributed by atoms with E-state index in [1.807, 2.05) is 0 Å². The van der Waals surface area contributed by atoms with Gasteiger partial charge in [-0.15, -0.1) is 0 Å². The zero-order chi connectivity index (χ0) is 9.97. The molecule has 0 atom stereocenters. The van der Waals surface area contributed by atoms with Gasteiger partial charge in [-0.05, 0) is 12.1 Å². The van der Waals surface area contributed by atoms with Gasteiger partial charge in [0.05, 0.1) is 5.02 Å². The summed E-state index contributed by atoms with van der Waals surface area (Å²) in [6.45, 7) is 0. The van der Waals surface area contributed by atoms with Crippen molar-refractivity contribution in [1.29, 1.82) is 0 Å². The van der Waals surface area contributed by atoms with Crippen molar-refractivity contribution in [3.8, 4) is 11.5 Å². The molecule has 2 heterocycles. The number of nitrogens with one attached hydrogen (secondary N) is 1. The van der Waals surface area contributed by atoms with E-state index in [0.29, 0.717) is 22.6 Å². The molecule has 1 N–H and O–H groups in total. The summed E-state index contributed by atoms with van der Waals surface area (Å²) >= 11 is 5.69. The van der Waals surface area contributed by atoms with E-state index >= 15 is 0 Å². The fourth-order valence-electron chi connectivity index (χ4n) is 0.937. The molecule has 0 saturated heterocycles. The number of pyridine rings is 1. The van der Waals surface area contributed by atoms with E-state index in [4.69, 9.17) is 16.1 Å². The second kappa shape index (κ2) is 3.63. The molecule has 0 unspecified atom stereocenters. The standard InChI is InChI=1S/C8H7ClN4O/c1-10-8-12-7(13-14-8)6-3-2-5(9)4-11-6/h2-4H,1H3,(H,10,12,13). The third kappa shape index (κ3) is 1.67. The van der Waals surface area contributed by atoms with Gasteiger partial charge in [0.15, 0.2) is 0 Å². The van der Waals surface area contributed by atoms with E-state index in [9.17, 15) is 0 Å². The maximum atomic E-state index is 5.69. The molecule has 14 heavy (non-hydrogen) atoms. The Morgan fingerprint density at radius 1 is 1.43 bits per heavy atom. The minimum atomic E-state index is 0.358. The average molecular weight is 211 g/mol. The summed E-state index contributed by atoms with van der Waals surface area (Å²) in [4.78, 5) is 8.09. The molecular formula is C8H7ClN4O. The molecule has 0 fully saturated rings. The van der Waals surface area contributed by atoms with Crippen LogP contribution in [0.4, 0.5) is 6.01 Å². The van der Waals surface area contributed by atoms with Gasteiger partial charge in [-0.1, -0.05) is 16.8 Å². The second-order valence-corrected chi connectivity index (χ2v) is 2.97. The van der Waals surface area contributed by atoms with Gasteiger partial charge in [0, 0.05) is 13.2 Å². The highest BCUT2D eigenvalue weighted by Gasteiger charge is 2.07. The first kappa shape index (κ1) is 8.96. The van der Waals surface area contributed by atoms with Crippen molar-refractivity contribution in [1.82, 2.24) is 15.1 Å². The Morgan fingerprint density at radius 2 is 2.29 bits per heavy atom. The molecule has 0 aromatic carbocycles. The Labute approximate surface area is 85.1 Å². The Hall–Kier alpha value is -1.62. The Kier molecular flexibility index (Phi) is 2.32. The highest BCUT2D eigenvalue weighted by Crippen LogP contribution is 2.16. The van der Waals surface area contributed by atoms with Crippen LogP contribution in [-0.4, -0.2) is 22.2 Å². The van der Waals surface area contributed by atoms with E-state index in [0.717, 1.165) is 0 Å². The maximum Gasteiger partial charge on any atom is 0.321 e. The van der Waals surface area contributed by atoms with E-state index in [-0.39, 0.29) is 0 Å². The van der Waals surface area contributed by atoms with Crippen LogP contribution in [0.5, 0.6) is 0 Å². The maximum absolute atomic E-state index is 5.69. The van der Waals surface area contributed by atoms with Crippen molar-refractivity contribution in [2.45, 2.75) is 0 Å². The second-order valence-electron chi connectivity index (χ2n) is 2.53. The highest BCUT2D eigenvalue weighted by molar-refractivity contribution is 6.30. The molecule has 0 saturated carbocycles. The van der Waals surface area contributed by atoms with Gasteiger partial charge in [-0.25, -0.2) is 0 Å². The largest absolute Gasteiger partial charge is 0.341 e. The number of nitrogens with zero attached hydrogens (tertiary/aromatic N) is 3. The van der Waals surface area contributed by atoms with Crippen LogP contribution in [0.3, 0.4) is 0 Å². The first-order valence-corrected chi connectivity index (χ1v) is 4.31. The molecule has 0 aliphatic heterocycles. The van der Waals surface area contributed by atoms with E-state index in [1.54, 1.807) is 19.2 Å². The first-order chi connectivity index (χ1) is 6.79. The normalized spacial score (nSPS) is 10.1. The van der Waals surface area contributed by atoms with E-state index in [1.165, 1.54) is 6.20 Å². The van der Waals surface area contributed by atoms with Gasteiger partial charge in [-0.2, -0.15) is 4.98 Å². The summed E-state index contributed by atoms with van der Waals surface area (Å²) in [6.07, 6.45) is 1.53. The van der Waals surface area contributed by atoms with Crippen LogP contribution >= 0.6 is 11.6 Å². The third-order valence-electron chi connectivity index (χ3n) is 1.60. The fraction of sp³-hybridized carbons (Fsp3) is 0.125. The molecule has 2 aromatic rings. The van der Waals surface area contributed by atoms with Gasteiger partial charge in [0.1, 0.15) is 5.69 Å². The van der Waals surface area contributed by atoms with Gasteiger partial charge in [0.2, 0.25) is 5.82 Å². The van der Waals surface area contributed by atoms with Crippen LogP contribution < -0.4 is 5.32 Å². The number of rotatable bonds is 2. The van der Waals surface area contributed by atoms with Crippen LogP contribution in [0.25, 0.3) is 11.5 Å². The SMILES string of the molecule is CNc1nc(-c2ccc(Cl)cn2)no1. The lowest BCUT2D eigenvalue weighted by Crippen LogP contribution is -1.88. The van der Waals surface area contributed by atoms with Crippen molar-refractivity contribution in [2.75, 3.05) is 12.4 Å². The molecule has 72 valence electrons. The monoisotopic (exact) mass is 210 g/mol. The number of aromatic nitrogens is 3. The number of anilines is 1. The molecule has 5 nitrogen and oxygen atoms in total. The molecule has 6 heteroatoms. The summed E-state index contributed by atoms with van der Waals surface area (Å²) in [5.74, 6) is 0.436. The van der Waals surface area contributed by atoms with Gasteiger partial charge in [-0.3, -0.25) is 4.98 Å². The minimum absolute atomic E-state index is 0.358. The predicted octanol–water partition coefficient (Wildman–Crippen LogP) is 1.83. The Morgan fingerprint density at radius 3 is 2.86 bits per heavy atom. The molecule has 0 spiro atoms. The molecule has 0 aliphatic rings. The van der Waals surface area contributed by atoms with Crippen LogP contribution in [0, 0.1) is 0 Å². The van der Waals surface area contributed by atoms with E-state index in [2.05, 4.69) is 20.4 Å². The fourth-order valence-corrected chi connectivity index (χ4v) is 1.05. The lowest BCUT2D eigenvalue weighted by atomic mass is 10.3. The molecule has 0 bridgehead atoms. The Balaban J connectivity index is 2.34. The summed E-state index contributed by atoms with van der Waals surface area (Å²) in [7, 11) is 1.70. The zero-order valence-corrected chi connectivity index (χ0v) is 8.12. The average Bonchev–Trinajstić information content (AvgIpc) is 2.67. The predicted molar refractivity (Wildman–Crippen MR) is 52.1 cm³/mol. The summed E-state index contributed by atoms with van der Waals surface area (Å²) in [5.41, 5.74) is 0.625. The number of hydrogen-bond acceptors (Lipinski definition) is 5. The van der Waals surface area contributed by atoms with Crippen molar-refractivity contribution >= 4 is 17.6 Å². The molecule has 0 radical (unpaired) electrons. The van der Waals surface area contributed by atoms with Crippen molar-refractivity contribution in [3.05, 3.63) is 23.4 Å². The quantitative estimate of drug-likeness (QED) is 0.819. The lowest BCUT2D eigenvalue weighted by Gasteiger charge is -1.92. The van der Waals surface area contributed by atoms with Gasteiger partial charge in [0.25, 0.3) is 0 Å². The minimum Gasteiger partial charge on any atom is -0.341 e. The molecule has 2 aromatic heterocycles. The van der Waals surface area contributed by atoms with Crippen LogP contribution in [0.2, 0.25) is 5.02 Å². The number of hydrogen-bond donors (Lipinski definition) is 1. The third-order valence-corrected chi connectivity index (χ3v) is 1.82. The molecule has 2 rings (SSSR count). The van der Waals surface area contributed by atoms with E-state index < -0.39 is 0 Å². The molecular weight excluding hydrogens is 204 g/mol. The lowest BCUT2D eigenvalue weighted by molar-refractivity contribution is 0.434. The zero-order valence-electron chi connectivity index (χ0n) is 7.36. The summed E-state index contributed by atoms with van der Waals surface area (Å²) < 4.78 is 4.85. The van der Waals surface area contributed by atoms with Crippen LogP contribution in [0.1, 0.15) is 0 Å². The molecule has 0 aliphatic carbocycles. The van der Waals surface area contributed by atoms with Crippen molar-refractivity contribution < 1.29 is 4.52 Å². The van der Waals surface area contributed by atoms with Gasteiger partial charge < -0.3 is 9.84 Å². The highest BCUT2D eigenvalue weighted by atomic mass is 35.5. The summed E-state index contributed by atoms with van der Waals surface area (Å²) in [6, 6.07) is 3.81. The van der Waals surface area contributed by atoms with Crippen molar-refractivity contribution in [3.63, 3.8) is 0 Å².